The minimum atomic E-state index is 0.767. The van der Waals surface area contributed by atoms with E-state index in [1.807, 2.05) is 19.2 Å². The van der Waals surface area contributed by atoms with E-state index in [-0.39, 0.29) is 0 Å². The van der Waals surface area contributed by atoms with E-state index in [1.165, 1.54) is 0 Å². The van der Waals surface area contributed by atoms with Gasteiger partial charge >= 0.3 is 0 Å². The van der Waals surface area contributed by atoms with Crippen LogP contribution in [0.15, 0.2) is 43.6 Å². The van der Waals surface area contributed by atoms with E-state index in [0.717, 1.165) is 69.1 Å². The Balaban J connectivity index is 0.00000124. The predicted molar refractivity (Wildman–Crippen MR) is 126 cm³/mol. The van der Waals surface area contributed by atoms with Gasteiger partial charge in [-0.1, -0.05) is 19.1 Å². The van der Waals surface area contributed by atoms with Crippen molar-refractivity contribution in [3.05, 3.63) is 71.5 Å². The van der Waals surface area contributed by atoms with E-state index in [0.29, 0.717) is 0 Å². The van der Waals surface area contributed by atoms with Gasteiger partial charge in [0.15, 0.2) is 0 Å². The summed E-state index contributed by atoms with van der Waals surface area (Å²) in [5, 5.41) is 3.26. The van der Waals surface area contributed by atoms with Crippen molar-refractivity contribution >= 4 is 34.1 Å². The fraction of sp³-hybridized carbons (Fsp3) is 0.280. The first-order chi connectivity index (χ1) is 14.6. The smallest absolute Gasteiger partial charge is 0.129 e. The van der Waals surface area contributed by atoms with Crippen LogP contribution in [0.4, 0.5) is 0 Å². The van der Waals surface area contributed by atoms with Gasteiger partial charge in [0, 0.05) is 42.4 Å². The Morgan fingerprint density at radius 3 is 2.60 bits per heavy atom. The second-order valence-electron chi connectivity index (χ2n) is 7.02. The Morgan fingerprint density at radius 2 is 1.87 bits per heavy atom. The highest BCUT2D eigenvalue weighted by Crippen LogP contribution is 2.24. The molecule has 4 rings (SSSR count). The Labute approximate surface area is 177 Å². The summed E-state index contributed by atoms with van der Waals surface area (Å²) in [7, 11) is 2.07. The van der Waals surface area contributed by atoms with Crippen LogP contribution < -0.4 is 10.6 Å². The SMILES string of the molecule is C/C=c1/c(C)nc(CCc2nc3c4cccnc4ccc3n2C)n/c1=C/CC.C=C. The molecule has 5 nitrogen and oxygen atoms in total. The second kappa shape index (κ2) is 9.44. The fourth-order valence-electron chi connectivity index (χ4n) is 3.78. The van der Waals surface area contributed by atoms with Crippen molar-refractivity contribution in [2.24, 2.45) is 7.05 Å². The van der Waals surface area contributed by atoms with Crippen LogP contribution in [0.2, 0.25) is 0 Å². The summed E-state index contributed by atoms with van der Waals surface area (Å²) in [5.74, 6) is 1.92. The summed E-state index contributed by atoms with van der Waals surface area (Å²) < 4.78 is 2.17. The van der Waals surface area contributed by atoms with E-state index in [1.54, 1.807) is 0 Å². The number of nitrogens with zero attached hydrogens (tertiary/aromatic N) is 5. The molecule has 0 bridgehead atoms. The second-order valence-corrected chi connectivity index (χ2v) is 7.02. The highest BCUT2D eigenvalue weighted by molar-refractivity contribution is 6.02. The number of aryl methyl sites for hydroxylation is 4. The van der Waals surface area contributed by atoms with Crippen molar-refractivity contribution in [2.45, 2.75) is 40.0 Å². The number of hydrogen-bond donors (Lipinski definition) is 0. The van der Waals surface area contributed by atoms with Crippen LogP contribution in [0.3, 0.4) is 0 Å². The van der Waals surface area contributed by atoms with Gasteiger partial charge in [0.2, 0.25) is 0 Å². The minimum Gasteiger partial charge on any atom is -0.331 e. The number of imidazole rings is 1. The molecule has 4 aromatic rings. The first kappa shape index (κ1) is 21.4. The first-order valence-electron chi connectivity index (χ1n) is 10.3. The maximum absolute atomic E-state index is 4.92. The molecule has 0 aliphatic heterocycles. The monoisotopic (exact) mass is 399 g/mol. The van der Waals surface area contributed by atoms with Crippen LogP contribution in [0.25, 0.3) is 34.1 Å². The molecule has 0 saturated heterocycles. The van der Waals surface area contributed by atoms with Gasteiger partial charge in [-0.2, -0.15) is 0 Å². The molecule has 0 spiro atoms. The summed E-state index contributed by atoms with van der Waals surface area (Å²) >= 11 is 0. The van der Waals surface area contributed by atoms with E-state index in [4.69, 9.17) is 15.0 Å². The number of pyridine rings is 1. The average Bonchev–Trinajstić information content (AvgIpc) is 3.10. The predicted octanol–water partition coefficient (Wildman–Crippen LogP) is 3.80. The zero-order valence-electron chi connectivity index (χ0n) is 18.3. The lowest BCUT2D eigenvalue weighted by Crippen LogP contribution is -2.33. The topological polar surface area (TPSA) is 56.5 Å². The zero-order chi connectivity index (χ0) is 21.7. The third kappa shape index (κ3) is 4.01. The minimum absolute atomic E-state index is 0.767. The van der Waals surface area contributed by atoms with Gasteiger partial charge in [0.05, 0.1) is 21.9 Å². The van der Waals surface area contributed by atoms with Crippen molar-refractivity contribution < 1.29 is 0 Å². The molecule has 0 fully saturated rings. The molecule has 0 N–H and O–H groups in total. The Bertz CT molecular complexity index is 1300. The van der Waals surface area contributed by atoms with Crippen LogP contribution in [-0.2, 0) is 19.9 Å². The molecule has 30 heavy (non-hydrogen) atoms. The van der Waals surface area contributed by atoms with Gasteiger partial charge < -0.3 is 4.57 Å². The molecule has 0 saturated carbocycles. The molecule has 0 radical (unpaired) electrons. The standard InChI is InChI=1S/C23H25N5.C2H4/c1-5-8-19-16(6-2)15(3)25-21(26-19)12-13-22-27-23-17-9-7-14-24-18(17)10-11-20(23)28(22)4;1-2/h6-11,14H,5,12-13H2,1-4H3;1-2H2/b16-6-,19-8+;. The first-order valence-corrected chi connectivity index (χ1v) is 10.3. The summed E-state index contributed by atoms with van der Waals surface area (Å²) in [5.41, 5.74) is 4.15. The Hall–Kier alpha value is -3.34. The number of fused-ring (bicyclic) bond motifs is 3. The summed E-state index contributed by atoms with van der Waals surface area (Å²) in [6, 6.07) is 8.20. The van der Waals surface area contributed by atoms with Crippen LogP contribution in [-0.4, -0.2) is 24.5 Å². The summed E-state index contributed by atoms with van der Waals surface area (Å²) in [6.45, 7) is 12.2. The number of benzene rings is 1. The highest BCUT2D eigenvalue weighted by Gasteiger charge is 2.12. The lowest BCUT2D eigenvalue weighted by atomic mass is 10.2. The summed E-state index contributed by atoms with van der Waals surface area (Å²) in [4.78, 5) is 18.9. The molecular weight excluding hydrogens is 370 g/mol. The normalized spacial score (nSPS) is 12.4. The van der Waals surface area contributed by atoms with Gasteiger partial charge in [0.25, 0.3) is 0 Å². The van der Waals surface area contributed by atoms with Gasteiger partial charge in [-0.3, -0.25) is 4.98 Å². The van der Waals surface area contributed by atoms with Crippen LogP contribution in [0, 0.1) is 6.92 Å². The molecule has 154 valence electrons. The van der Waals surface area contributed by atoms with Gasteiger partial charge in [-0.15, -0.1) is 13.2 Å². The lowest BCUT2D eigenvalue weighted by Gasteiger charge is -2.04. The molecule has 0 atom stereocenters. The number of hydrogen-bond acceptors (Lipinski definition) is 4. The highest BCUT2D eigenvalue weighted by atomic mass is 15.1. The van der Waals surface area contributed by atoms with Gasteiger partial charge in [0.1, 0.15) is 11.6 Å². The molecule has 0 amide bonds. The third-order valence-corrected chi connectivity index (χ3v) is 5.20. The van der Waals surface area contributed by atoms with Gasteiger partial charge in [-0.05, 0) is 44.5 Å². The molecule has 1 aromatic carbocycles. The quantitative estimate of drug-likeness (QED) is 0.490. The Kier molecular flexibility index (Phi) is 6.72. The van der Waals surface area contributed by atoms with Gasteiger partial charge in [-0.25, -0.2) is 15.0 Å². The number of aromatic nitrogens is 5. The molecule has 0 unspecified atom stereocenters. The Morgan fingerprint density at radius 1 is 1.07 bits per heavy atom. The van der Waals surface area contributed by atoms with Crippen molar-refractivity contribution in [1.82, 2.24) is 24.5 Å². The van der Waals surface area contributed by atoms with Crippen LogP contribution in [0.1, 0.15) is 37.6 Å². The fourth-order valence-corrected chi connectivity index (χ4v) is 3.78. The van der Waals surface area contributed by atoms with Crippen molar-refractivity contribution in [3.63, 3.8) is 0 Å². The largest absolute Gasteiger partial charge is 0.331 e. The molecule has 5 heteroatoms. The third-order valence-electron chi connectivity index (χ3n) is 5.20. The molecule has 3 heterocycles. The molecular formula is C25H29N5. The van der Waals surface area contributed by atoms with Crippen molar-refractivity contribution in [1.29, 1.82) is 0 Å². The average molecular weight is 400 g/mol. The zero-order valence-corrected chi connectivity index (χ0v) is 18.3. The van der Waals surface area contributed by atoms with Crippen LogP contribution >= 0.6 is 0 Å². The molecule has 0 aliphatic rings. The van der Waals surface area contributed by atoms with E-state index in [9.17, 15) is 0 Å². The molecule has 3 aromatic heterocycles. The van der Waals surface area contributed by atoms with Crippen molar-refractivity contribution in [3.8, 4) is 0 Å². The molecule has 0 aliphatic carbocycles. The van der Waals surface area contributed by atoms with E-state index < -0.39 is 0 Å². The summed E-state index contributed by atoms with van der Waals surface area (Å²) in [6.07, 6.45) is 8.60. The number of rotatable bonds is 4. The maximum atomic E-state index is 4.92. The lowest BCUT2D eigenvalue weighted by molar-refractivity contribution is 0.750. The van der Waals surface area contributed by atoms with Crippen LogP contribution in [0.5, 0.6) is 0 Å². The van der Waals surface area contributed by atoms with E-state index in [2.05, 4.69) is 74.0 Å². The van der Waals surface area contributed by atoms with E-state index >= 15 is 0 Å². The maximum Gasteiger partial charge on any atom is 0.129 e. The van der Waals surface area contributed by atoms with Crippen molar-refractivity contribution in [2.75, 3.05) is 0 Å².